The average molecular weight is 306 g/mol. The molecule has 5 nitrogen and oxygen atoms in total. The number of nitro benzene ring substituents is 1. The maximum atomic E-state index is 10.8. The van der Waals surface area contributed by atoms with Crippen LogP contribution in [0, 0.1) is 10.1 Å². The molecule has 2 N–H and O–H groups in total. The van der Waals surface area contributed by atoms with Crippen molar-refractivity contribution in [1.82, 2.24) is 0 Å². The van der Waals surface area contributed by atoms with Gasteiger partial charge in [0.15, 0.2) is 0 Å². The number of hydrogen-bond donors (Lipinski definition) is 1. The van der Waals surface area contributed by atoms with Crippen molar-refractivity contribution >= 4 is 28.7 Å². The van der Waals surface area contributed by atoms with Gasteiger partial charge in [-0.1, -0.05) is 29.8 Å². The summed E-state index contributed by atoms with van der Waals surface area (Å²) in [6, 6.07) is 12.3. The molecule has 1 atom stereocenters. The van der Waals surface area contributed by atoms with Crippen molar-refractivity contribution in [1.29, 1.82) is 0 Å². The highest BCUT2D eigenvalue weighted by Crippen LogP contribution is 2.33. The first-order valence-electron chi connectivity index (χ1n) is 6.43. The second kappa shape index (κ2) is 6.01. The SMILES string of the molecule is CC(c1ccccc1Cl)N(C)c1ccc([N+](=O)[O-])c(N)c1. The normalized spacial score (nSPS) is 12.0. The Morgan fingerprint density at radius 2 is 1.95 bits per heavy atom. The summed E-state index contributed by atoms with van der Waals surface area (Å²) in [6.07, 6.45) is 0. The molecule has 0 heterocycles. The number of anilines is 2. The van der Waals surface area contributed by atoms with Crippen LogP contribution in [-0.2, 0) is 0 Å². The number of nitro groups is 1. The van der Waals surface area contributed by atoms with Crippen LogP contribution in [-0.4, -0.2) is 12.0 Å². The summed E-state index contributed by atoms with van der Waals surface area (Å²) in [6.45, 7) is 2.01. The number of nitrogen functional groups attached to an aromatic ring is 1. The monoisotopic (exact) mass is 305 g/mol. The van der Waals surface area contributed by atoms with Gasteiger partial charge in [0.2, 0.25) is 0 Å². The first kappa shape index (κ1) is 15.1. The molecule has 0 aliphatic rings. The van der Waals surface area contributed by atoms with Crippen LogP contribution in [0.25, 0.3) is 0 Å². The number of rotatable bonds is 4. The summed E-state index contributed by atoms with van der Waals surface area (Å²) >= 11 is 6.21. The zero-order valence-corrected chi connectivity index (χ0v) is 12.5. The molecule has 0 aliphatic heterocycles. The van der Waals surface area contributed by atoms with Gasteiger partial charge in [-0.15, -0.1) is 0 Å². The lowest BCUT2D eigenvalue weighted by Gasteiger charge is -2.28. The van der Waals surface area contributed by atoms with Crippen LogP contribution < -0.4 is 10.6 Å². The summed E-state index contributed by atoms with van der Waals surface area (Å²) in [4.78, 5) is 12.3. The molecular weight excluding hydrogens is 290 g/mol. The van der Waals surface area contributed by atoms with E-state index in [-0.39, 0.29) is 17.4 Å². The van der Waals surface area contributed by atoms with E-state index in [0.717, 1.165) is 11.3 Å². The van der Waals surface area contributed by atoms with Crippen LogP contribution in [0.5, 0.6) is 0 Å². The molecule has 0 aromatic heterocycles. The predicted molar refractivity (Wildman–Crippen MR) is 85.8 cm³/mol. The third kappa shape index (κ3) is 3.08. The Labute approximate surface area is 128 Å². The van der Waals surface area contributed by atoms with Gasteiger partial charge in [0.1, 0.15) is 5.69 Å². The molecule has 0 aliphatic carbocycles. The van der Waals surface area contributed by atoms with Gasteiger partial charge in [-0.05, 0) is 30.7 Å². The van der Waals surface area contributed by atoms with Gasteiger partial charge in [0.05, 0.1) is 11.0 Å². The zero-order valence-electron chi connectivity index (χ0n) is 11.8. The maximum absolute atomic E-state index is 10.8. The molecule has 0 bridgehead atoms. The standard InChI is InChI=1S/C15H16ClN3O2/c1-10(12-5-3-4-6-13(12)16)18(2)11-7-8-15(19(20)21)14(17)9-11/h3-10H,17H2,1-2H3. The quantitative estimate of drug-likeness (QED) is 0.526. The lowest BCUT2D eigenvalue weighted by molar-refractivity contribution is -0.383. The molecule has 0 radical (unpaired) electrons. The van der Waals surface area contributed by atoms with Gasteiger partial charge in [-0.3, -0.25) is 10.1 Å². The highest BCUT2D eigenvalue weighted by Gasteiger charge is 2.18. The van der Waals surface area contributed by atoms with Crippen molar-refractivity contribution in [3.63, 3.8) is 0 Å². The molecule has 0 spiro atoms. The van der Waals surface area contributed by atoms with Crippen LogP contribution >= 0.6 is 11.6 Å². The first-order chi connectivity index (χ1) is 9.91. The maximum Gasteiger partial charge on any atom is 0.292 e. The second-order valence-electron chi connectivity index (χ2n) is 4.81. The highest BCUT2D eigenvalue weighted by molar-refractivity contribution is 6.31. The molecule has 110 valence electrons. The minimum atomic E-state index is -0.489. The number of nitrogens with zero attached hydrogens (tertiary/aromatic N) is 2. The van der Waals surface area contributed by atoms with Gasteiger partial charge in [-0.25, -0.2) is 0 Å². The van der Waals surface area contributed by atoms with E-state index in [1.807, 2.05) is 43.1 Å². The van der Waals surface area contributed by atoms with E-state index in [4.69, 9.17) is 17.3 Å². The van der Waals surface area contributed by atoms with E-state index in [2.05, 4.69) is 0 Å². The number of halogens is 1. The van der Waals surface area contributed by atoms with Crippen LogP contribution in [0.1, 0.15) is 18.5 Å². The Morgan fingerprint density at radius 1 is 1.29 bits per heavy atom. The Morgan fingerprint density at radius 3 is 2.52 bits per heavy atom. The first-order valence-corrected chi connectivity index (χ1v) is 6.80. The van der Waals surface area contributed by atoms with Gasteiger partial charge in [-0.2, -0.15) is 0 Å². The van der Waals surface area contributed by atoms with Gasteiger partial charge >= 0.3 is 0 Å². The van der Waals surface area contributed by atoms with Crippen LogP contribution in [0.3, 0.4) is 0 Å². The highest BCUT2D eigenvalue weighted by atomic mass is 35.5. The van der Waals surface area contributed by atoms with Crippen molar-refractivity contribution in [2.24, 2.45) is 0 Å². The molecule has 1 unspecified atom stereocenters. The topological polar surface area (TPSA) is 72.4 Å². The third-order valence-corrected chi connectivity index (χ3v) is 3.90. The predicted octanol–water partition coefficient (Wildman–Crippen LogP) is 4.03. The third-order valence-electron chi connectivity index (χ3n) is 3.55. The van der Waals surface area contributed by atoms with Gasteiger partial charge < -0.3 is 10.6 Å². The smallest absolute Gasteiger partial charge is 0.292 e. The van der Waals surface area contributed by atoms with Crippen LogP contribution in [0.4, 0.5) is 17.1 Å². The lowest BCUT2D eigenvalue weighted by Crippen LogP contribution is -2.22. The Bertz CT molecular complexity index is 676. The van der Waals surface area contributed by atoms with E-state index in [1.165, 1.54) is 6.07 Å². The second-order valence-corrected chi connectivity index (χ2v) is 5.22. The van der Waals surface area contributed by atoms with Crippen LogP contribution in [0.15, 0.2) is 42.5 Å². The van der Waals surface area contributed by atoms with E-state index in [9.17, 15) is 10.1 Å². The summed E-state index contributed by atoms with van der Waals surface area (Å²) in [5, 5.41) is 11.5. The van der Waals surface area contributed by atoms with E-state index < -0.39 is 4.92 Å². The van der Waals surface area contributed by atoms with E-state index in [1.54, 1.807) is 12.1 Å². The van der Waals surface area contributed by atoms with Crippen molar-refractivity contribution in [3.05, 3.63) is 63.2 Å². The number of nitrogens with two attached hydrogens (primary N) is 1. The summed E-state index contributed by atoms with van der Waals surface area (Å²) in [7, 11) is 1.90. The number of hydrogen-bond acceptors (Lipinski definition) is 4. The minimum absolute atomic E-state index is 0.0135. The molecule has 0 saturated carbocycles. The van der Waals surface area contributed by atoms with Crippen molar-refractivity contribution < 1.29 is 4.92 Å². The van der Waals surface area contributed by atoms with Gasteiger partial charge in [0.25, 0.3) is 5.69 Å². The molecule has 0 saturated heterocycles. The van der Waals surface area contributed by atoms with Crippen LogP contribution in [0.2, 0.25) is 5.02 Å². The summed E-state index contributed by atoms with van der Waals surface area (Å²) in [5.41, 5.74) is 7.58. The molecule has 2 aromatic carbocycles. The average Bonchev–Trinajstić information content (AvgIpc) is 2.45. The molecule has 21 heavy (non-hydrogen) atoms. The summed E-state index contributed by atoms with van der Waals surface area (Å²) in [5.74, 6) is 0. The van der Waals surface area contributed by atoms with Crippen molar-refractivity contribution in [2.75, 3.05) is 17.7 Å². The Balaban J connectivity index is 2.32. The number of benzene rings is 2. The van der Waals surface area contributed by atoms with Crippen molar-refractivity contribution in [2.45, 2.75) is 13.0 Å². The molecule has 2 aromatic rings. The fourth-order valence-electron chi connectivity index (χ4n) is 2.17. The largest absolute Gasteiger partial charge is 0.393 e. The Kier molecular flexibility index (Phi) is 4.33. The molecule has 6 heteroatoms. The Hall–Kier alpha value is -2.27. The van der Waals surface area contributed by atoms with Gasteiger partial charge in [0, 0.05) is 23.8 Å². The molecule has 0 fully saturated rings. The van der Waals surface area contributed by atoms with Crippen molar-refractivity contribution in [3.8, 4) is 0 Å². The minimum Gasteiger partial charge on any atom is -0.393 e. The molecule has 2 rings (SSSR count). The zero-order chi connectivity index (χ0) is 15.6. The lowest BCUT2D eigenvalue weighted by atomic mass is 10.1. The fourth-order valence-corrected chi connectivity index (χ4v) is 2.47. The van der Waals surface area contributed by atoms with E-state index in [0.29, 0.717) is 5.02 Å². The molecule has 0 amide bonds. The molecular formula is C15H16ClN3O2. The van der Waals surface area contributed by atoms with E-state index >= 15 is 0 Å². The summed E-state index contributed by atoms with van der Waals surface area (Å²) < 4.78 is 0. The fraction of sp³-hybridized carbons (Fsp3) is 0.200.